The van der Waals surface area contributed by atoms with E-state index in [0.717, 1.165) is 5.56 Å². The van der Waals surface area contributed by atoms with E-state index in [1.165, 1.54) is 6.92 Å². The third-order valence-corrected chi connectivity index (χ3v) is 2.96. The van der Waals surface area contributed by atoms with Crippen LogP contribution in [0.4, 0.5) is 0 Å². The van der Waals surface area contributed by atoms with Gasteiger partial charge >= 0.3 is 0 Å². The largest absolute Gasteiger partial charge is 0.390 e. The van der Waals surface area contributed by atoms with Crippen LogP contribution in [-0.2, 0) is 4.79 Å². The lowest BCUT2D eigenvalue weighted by molar-refractivity contribution is -0.119. The summed E-state index contributed by atoms with van der Waals surface area (Å²) in [5, 5.41) is 23.0. The molecule has 1 rings (SSSR count). The van der Waals surface area contributed by atoms with Crippen molar-refractivity contribution in [3.8, 4) is 0 Å². The first-order valence-corrected chi connectivity index (χ1v) is 6.16. The molecule has 0 saturated carbocycles. The van der Waals surface area contributed by atoms with Gasteiger partial charge in [-0.2, -0.15) is 0 Å². The van der Waals surface area contributed by atoms with Crippen molar-refractivity contribution in [3.05, 3.63) is 34.3 Å². The lowest BCUT2D eigenvalue weighted by atomic mass is 9.98. The molecular formula is C13H18ClNO3. The predicted octanol–water partition coefficient (Wildman–Crippen LogP) is 1.57. The van der Waals surface area contributed by atoms with Gasteiger partial charge in [0.15, 0.2) is 0 Å². The van der Waals surface area contributed by atoms with Crippen molar-refractivity contribution in [2.45, 2.75) is 32.5 Å². The number of aryl methyl sites for hydroxylation is 1. The van der Waals surface area contributed by atoms with Gasteiger partial charge in [0.25, 0.3) is 0 Å². The Kier molecular flexibility index (Phi) is 5.59. The van der Waals surface area contributed by atoms with Crippen LogP contribution < -0.4 is 5.32 Å². The van der Waals surface area contributed by atoms with Gasteiger partial charge in [0.2, 0.25) is 5.91 Å². The molecule has 0 fully saturated rings. The third-order valence-electron chi connectivity index (χ3n) is 2.73. The second-order valence-corrected chi connectivity index (χ2v) is 4.72. The van der Waals surface area contributed by atoms with E-state index < -0.39 is 12.2 Å². The van der Waals surface area contributed by atoms with E-state index in [-0.39, 0.29) is 5.91 Å². The maximum Gasteiger partial charge on any atom is 0.216 e. The van der Waals surface area contributed by atoms with Gasteiger partial charge in [0.05, 0.1) is 6.10 Å². The molecule has 0 saturated heterocycles. The fourth-order valence-electron chi connectivity index (χ4n) is 1.73. The molecule has 100 valence electrons. The molecule has 4 nitrogen and oxygen atoms in total. The van der Waals surface area contributed by atoms with Gasteiger partial charge in [0, 0.05) is 18.5 Å². The number of carbonyl (C=O) groups is 1. The number of aliphatic hydroxyl groups excluding tert-OH is 2. The molecule has 2 atom stereocenters. The molecule has 1 amide bonds. The quantitative estimate of drug-likeness (QED) is 0.761. The van der Waals surface area contributed by atoms with Crippen LogP contribution in [0.25, 0.3) is 0 Å². The van der Waals surface area contributed by atoms with E-state index in [0.29, 0.717) is 23.6 Å². The number of aliphatic hydroxyl groups is 2. The molecule has 3 N–H and O–H groups in total. The maximum absolute atomic E-state index is 10.7. The fourth-order valence-corrected chi connectivity index (χ4v) is 1.96. The summed E-state index contributed by atoms with van der Waals surface area (Å²) in [4.78, 5) is 10.7. The fraction of sp³-hybridized carbons (Fsp3) is 0.462. The number of nitrogens with one attached hydrogen (secondary N) is 1. The van der Waals surface area contributed by atoms with E-state index in [2.05, 4.69) is 5.32 Å². The highest BCUT2D eigenvalue weighted by Gasteiger charge is 2.19. The molecular weight excluding hydrogens is 254 g/mol. The number of rotatable bonds is 5. The SMILES string of the molecule is CC(=O)NCCC(O)C(O)c1ccc(Cl)cc1C. The first kappa shape index (κ1) is 15.0. The molecule has 18 heavy (non-hydrogen) atoms. The smallest absolute Gasteiger partial charge is 0.216 e. The summed E-state index contributed by atoms with van der Waals surface area (Å²) < 4.78 is 0. The molecule has 0 aliphatic rings. The molecule has 0 aliphatic heterocycles. The highest BCUT2D eigenvalue weighted by molar-refractivity contribution is 6.30. The maximum atomic E-state index is 10.7. The van der Waals surface area contributed by atoms with Crippen LogP contribution in [0.15, 0.2) is 18.2 Å². The second kappa shape index (κ2) is 6.73. The van der Waals surface area contributed by atoms with Gasteiger partial charge in [-0.1, -0.05) is 17.7 Å². The van der Waals surface area contributed by atoms with Crippen molar-refractivity contribution < 1.29 is 15.0 Å². The lowest BCUT2D eigenvalue weighted by Gasteiger charge is -2.20. The van der Waals surface area contributed by atoms with E-state index in [9.17, 15) is 15.0 Å². The summed E-state index contributed by atoms with van der Waals surface area (Å²) in [7, 11) is 0. The van der Waals surface area contributed by atoms with E-state index in [4.69, 9.17) is 11.6 Å². The zero-order valence-corrected chi connectivity index (χ0v) is 11.2. The zero-order chi connectivity index (χ0) is 13.7. The molecule has 0 radical (unpaired) electrons. The van der Waals surface area contributed by atoms with Gasteiger partial charge in [-0.15, -0.1) is 0 Å². The first-order chi connectivity index (χ1) is 8.41. The van der Waals surface area contributed by atoms with E-state index in [1.807, 2.05) is 6.92 Å². The van der Waals surface area contributed by atoms with Crippen LogP contribution in [0, 0.1) is 6.92 Å². The highest BCUT2D eigenvalue weighted by Crippen LogP contribution is 2.24. The highest BCUT2D eigenvalue weighted by atomic mass is 35.5. The summed E-state index contributed by atoms with van der Waals surface area (Å²) in [6, 6.07) is 5.11. The monoisotopic (exact) mass is 271 g/mol. The number of amides is 1. The van der Waals surface area contributed by atoms with Gasteiger partial charge in [0.1, 0.15) is 6.10 Å². The minimum atomic E-state index is -0.976. The number of halogens is 1. The van der Waals surface area contributed by atoms with Gasteiger partial charge < -0.3 is 15.5 Å². The average molecular weight is 272 g/mol. The van der Waals surface area contributed by atoms with E-state index >= 15 is 0 Å². The predicted molar refractivity (Wildman–Crippen MR) is 70.5 cm³/mol. The molecule has 0 aliphatic carbocycles. The van der Waals surface area contributed by atoms with Crippen molar-refractivity contribution in [3.63, 3.8) is 0 Å². The topological polar surface area (TPSA) is 69.6 Å². The Morgan fingerprint density at radius 3 is 2.67 bits per heavy atom. The van der Waals surface area contributed by atoms with Gasteiger partial charge in [-0.05, 0) is 36.6 Å². The molecule has 0 aromatic heterocycles. The molecule has 0 bridgehead atoms. The normalized spacial score (nSPS) is 14.1. The Hall–Kier alpha value is -1.10. The number of hydrogen-bond acceptors (Lipinski definition) is 3. The zero-order valence-electron chi connectivity index (χ0n) is 10.5. The summed E-state index contributed by atoms with van der Waals surface area (Å²) in [6.07, 6.45) is -1.60. The number of hydrogen-bond donors (Lipinski definition) is 3. The van der Waals surface area contributed by atoms with Crippen LogP contribution in [0.5, 0.6) is 0 Å². The molecule has 0 heterocycles. The second-order valence-electron chi connectivity index (χ2n) is 4.28. The first-order valence-electron chi connectivity index (χ1n) is 5.78. The Morgan fingerprint density at radius 2 is 2.11 bits per heavy atom. The Morgan fingerprint density at radius 1 is 1.44 bits per heavy atom. The Labute approximate surface area is 112 Å². The molecule has 0 spiro atoms. The summed E-state index contributed by atoms with van der Waals surface area (Å²) in [6.45, 7) is 3.57. The standard InChI is InChI=1S/C13H18ClNO3/c1-8-7-10(14)3-4-11(8)13(18)12(17)5-6-15-9(2)16/h3-4,7,12-13,17-18H,5-6H2,1-2H3,(H,15,16). The minimum absolute atomic E-state index is 0.153. The molecule has 1 aromatic rings. The molecule has 1 aromatic carbocycles. The van der Waals surface area contributed by atoms with Crippen LogP contribution in [0.3, 0.4) is 0 Å². The average Bonchev–Trinajstić information content (AvgIpc) is 2.27. The minimum Gasteiger partial charge on any atom is -0.390 e. The van der Waals surface area contributed by atoms with Crippen LogP contribution in [0.1, 0.15) is 30.6 Å². The number of benzene rings is 1. The number of carbonyl (C=O) groups excluding carboxylic acids is 1. The van der Waals surface area contributed by atoms with Crippen LogP contribution in [-0.4, -0.2) is 28.8 Å². The Balaban J connectivity index is 2.62. The van der Waals surface area contributed by atoms with Crippen molar-refractivity contribution >= 4 is 17.5 Å². The summed E-state index contributed by atoms with van der Waals surface area (Å²) in [5.41, 5.74) is 1.48. The van der Waals surface area contributed by atoms with Crippen LogP contribution in [0.2, 0.25) is 5.02 Å². The lowest BCUT2D eigenvalue weighted by Crippen LogP contribution is -2.27. The summed E-state index contributed by atoms with van der Waals surface area (Å²) >= 11 is 5.83. The van der Waals surface area contributed by atoms with Crippen molar-refractivity contribution in [1.29, 1.82) is 0 Å². The molecule has 2 unspecified atom stereocenters. The Bertz CT molecular complexity index is 423. The van der Waals surface area contributed by atoms with Crippen molar-refractivity contribution in [2.75, 3.05) is 6.54 Å². The van der Waals surface area contributed by atoms with Crippen molar-refractivity contribution in [2.24, 2.45) is 0 Å². The van der Waals surface area contributed by atoms with Crippen LogP contribution >= 0.6 is 11.6 Å². The van der Waals surface area contributed by atoms with Gasteiger partial charge in [-0.25, -0.2) is 0 Å². The third kappa shape index (κ3) is 4.29. The molecule has 5 heteroatoms. The summed E-state index contributed by atoms with van der Waals surface area (Å²) in [5.74, 6) is -0.153. The van der Waals surface area contributed by atoms with E-state index in [1.54, 1.807) is 18.2 Å². The van der Waals surface area contributed by atoms with Crippen molar-refractivity contribution in [1.82, 2.24) is 5.32 Å². The van der Waals surface area contributed by atoms with Gasteiger partial charge in [-0.3, -0.25) is 4.79 Å².